The number of fused-ring (bicyclic) bond motifs is 1. The molecule has 2 aromatic rings. The number of carbonyl (C=O) groups is 2. The van der Waals surface area contributed by atoms with Crippen LogP contribution in [0.25, 0.3) is 10.8 Å². The number of amides is 2. The van der Waals surface area contributed by atoms with Crippen molar-refractivity contribution in [1.29, 1.82) is 0 Å². The molecular formula is C21H25N3O2S. The van der Waals surface area contributed by atoms with Crippen molar-refractivity contribution in [3.63, 3.8) is 0 Å². The SMILES string of the molecule is O=C1NCCN(Cc2ccc3ccccc3c2)C1CC(=O)N1CCSCC1. The van der Waals surface area contributed by atoms with Crippen molar-refractivity contribution in [3.05, 3.63) is 48.0 Å². The highest BCUT2D eigenvalue weighted by Crippen LogP contribution is 2.20. The van der Waals surface area contributed by atoms with Crippen molar-refractivity contribution in [1.82, 2.24) is 15.1 Å². The average Bonchev–Trinajstić information content (AvgIpc) is 2.71. The first-order valence-corrected chi connectivity index (χ1v) is 10.7. The lowest BCUT2D eigenvalue weighted by Crippen LogP contribution is -2.56. The summed E-state index contributed by atoms with van der Waals surface area (Å²) >= 11 is 1.88. The van der Waals surface area contributed by atoms with E-state index in [-0.39, 0.29) is 24.3 Å². The Morgan fingerprint density at radius 1 is 1.07 bits per heavy atom. The quantitative estimate of drug-likeness (QED) is 0.879. The Morgan fingerprint density at radius 2 is 1.85 bits per heavy atom. The zero-order chi connectivity index (χ0) is 18.6. The van der Waals surface area contributed by atoms with Gasteiger partial charge in [-0.2, -0.15) is 11.8 Å². The lowest BCUT2D eigenvalue weighted by atomic mass is 10.0. The smallest absolute Gasteiger partial charge is 0.237 e. The van der Waals surface area contributed by atoms with Crippen LogP contribution in [0.4, 0.5) is 0 Å². The molecule has 2 heterocycles. The maximum absolute atomic E-state index is 12.7. The van der Waals surface area contributed by atoms with Crippen LogP contribution < -0.4 is 5.32 Å². The molecule has 2 aromatic carbocycles. The van der Waals surface area contributed by atoms with Crippen LogP contribution >= 0.6 is 11.8 Å². The minimum absolute atomic E-state index is 0.0261. The van der Waals surface area contributed by atoms with Gasteiger partial charge < -0.3 is 10.2 Å². The first kappa shape index (κ1) is 18.3. The van der Waals surface area contributed by atoms with Crippen molar-refractivity contribution in [2.24, 2.45) is 0 Å². The van der Waals surface area contributed by atoms with E-state index in [0.717, 1.165) is 31.1 Å². The van der Waals surface area contributed by atoms with Gasteiger partial charge in [-0.05, 0) is 22.4 Å². The number of piperazine rings is 1. The van der Waals surface area contributed by atoms with Crippen LogP contribution in [-0.2, 0) is 16.1 Å². The molecule has 0 bridgehead atoms. The Bertz CT molecular complexity index is 835. The summed E-state index contributed by atoms with van der Waals surface area (Å²) in [4.78, 5) is 29.3. The lowest BCUT2D eigenvalue weighted by Gasteiger charge is -2.36. The average molecular weight is 384 g/mol. The maximum atomic E-state index is 12.7. The van der Waals surface area contributed by atoms with Gasteiger partial charge in [0.25, 0.3) is 0 Å². The summed E-state index contributed by atoms with van der Waals surface area (Å²) in [5.41, 5.74) is 1.18. The molecule has 0 aromatic heterocycles. The van der Waals surface area contributed by atoms with Crippen molar-refractivity contribution in [3.8, 4) is 0 Å². The highest BCUT2D eigenvalue weighted by atomic mass is 32.2. The molecule has 2 aliphatic heterocycles. The Balaban J connectivity index is 1.48. The monoisotopic (exact) mass is 383 g/mol. The second-order valence-electron chi connectivity index (χ2n) is 7.16. The lowest BCUT2D eigenvalue weighted by molar-refractivity contribution is -0.138. The zero-order valence-corrected chi connectivity index (χ0v) is 16.2. The van der Waals surface area contributed by atoms with E-state index in [1.54, 1.807) is 0 Å². The number of thioether (sulfide) groups is 1. The largest absolute Gasteiger partial charge is 0.353 e. The van der Waals surface area contributed by atoms with Gasteiger partial charge in [0.15, 0.2) is 0 Å². The molecule has 0 spiro atoms. The van der Waals surface area contributed by atoms with E-state index >= 15 is 0 Å². The summed E-state index contributed by atoms with van der Waals surface area (Å²) in [6, 6.07) is 14.3. The second-order valence-corrected chi connectivity index (χ2v) is 8.38. The van der Waals surface area contributed by atoms with Crippen LogP contribution in [0.15, 0.2) is 42.5 Å². The van der Waals surface area contributed by atoms with Gasteiger partial charge in [-0.25, -0.2) is 0 Å². The Kier molecular flexibility index (Phi) is 5.64. The molecule has 2 aliphatic rings. The molecule has 27 heavy (non-hydrogen) atoms. The van der Waals surface area contributed by atoms with Gasteiger partial charge in [0.1, 0.15) is 0 Å². The molecule has 1 N–H and O–H groups in total. The van der Waals surface area contributed by atoms with Crippen LogP contribution in [0.5, 0.6) is 0 Å². The van der Waals surface area contributed by atoms with Crippen LogP contribution in [0.2, 0.25) is 0 Å². The minimum Gasteiger partial charge on any atom is -0.353 e. The molecule has 0 aliphatic carbocycles. The predicted octanol–water partition coefficient (Wildman–Crippen LogP) is 2.11. The molecule has 2 amide bonds. The molecule has 2 saturated heterocycles. The topological polar surface area (TPSA) is 52.7 Å². The van der Waals surface area contributed by atoms with Crippen molar-refractivity contribution < 1.29 is 9.59 Å². The van der Waals surface area contributed by atoms with Gasteiger partial charge in [0, 0.05) is 44.2 Å². The molecule has 4 rings (SSSR count). The predicted molar refractivity (Wildman–Crippen MR) is 110 cm³/mol. The summed E-state index contributed by atoms with van der Waals surface area (Å²) in [5.74, 6) is 2.05. The normalized spacial score (nSPS) is 21.3. The first-order valence-electron chi connectivity index (χ1n) is 9.56. The van der Waals surface area contributed by atoms with Crippen LogP contribution in [0.1, 0.15) is 12.0 Å². The van der Waals surface area contributed by atoms with E-state index in [2.05, 4.69) is 40.5 Å². The van der Waals surface area contributed by atoms with Gasteiger partial charge >= 0.3 is 0 Å². The molecule has 0 saturated carbocycles. The number of nitrogens with zero attached hydrogens (tertiary/aromatic N) is 2. The Hall–Kier alpha value is -2.05. The van der Waals surface area contributed by atoms with Gasteiger partial charge in [0.2, 0.25) is 11.8 Å². The molecule has 1 unspecified atom stereocenters. The maximum Gasteiger partial charge on any atom is 0.237 e. The van der Waals surface area contributed by atoms with E-state index in [1.807, 2.05) is 28.8 Å². The minimum atomic E-state index is -0.382. The zero-order valence-electron chi connectivity index (χ0n) is 15.4. The first-order chi connectivity index (χ1) is 13.2. The van der Waals surface area contributed by atoms with Gasteiger partial charge in [-0.1, -0.05) is 36.4 Å². The molecule has 6 heteroatoms. The van der Waals surface area contributed by atoms with E-state index in [1.165, 1.54) is 16.3 Å². The fourth-order valence-corrected chi connectivity index (χ4v) is 4.76. The summed E-state index contributed by atoms with van der Waals surface area (Å²) in [6.07, 6.45) is 0.268. The third-order valence-corrected chi connectivity index (χ3v) is 6.32. The standard InChI is InChI=1S/C21H25N3O2S/c25-20(23-9-11-27-12-10-23)14-19-21(26)22-7-8-24(19)15-16-5-6-17-3-1-2-4-18(17)13-16/h1-6,13,19H,7-12,14-15H2,(H,22,26). The van der Waals surface area contributed by atoms with E-state index in [4.69, 9.17) is 0 Å². The van der Waals surface area contributed by atoms with Crippen LogP contribution in [-0.4, -0.2) is 65.3 Å². The van der Waals surface area contributed by atoms with Gasteiger partial charge in [-0.15, -0.1) is 0 Å². The van der Waals surface area contributed by atoms with Crippen LogP contribution in [0.3, 0.4) is 0 Å². The Labute approximate surface area is 164 Å². The molecule has 0 radical (unpaired) electrons. The van der Waals surface area contributed by atoms with Crippen molar-refractivity contribution in [2.45, 2.75) is 19.0 Å². The highest BCUT2D eigenvalue weighted by molar-refractivity contribution is 7.99. The van der Waals surface area contributed by atoms with Gasteiger partial charge in [-0.3, -0.25) is 14.5 Å². The molecule has 2 fully saturated rings. The number of nitrogens with one attached hydrogen (secondary N) is 1. The Morgan fingerprint density at radius 3 is 2.67 bits per heavy atom. The number of hydrogen-bond acceptors (Lipinski definition) is 4. The van der Waals surface area contributed by atoms with Crippen LogP contribution in [0, 0.1) is 0 Å². The summed E-state index contributed by atoms with van der Waals surface area (Å²) in [5, 5.41) is 5.35. The number of carbonyl (C=O) groups excluding carboxylic acids is 2. The van der Waals surface area contributed by atoms with E-state index in [9.17, 15) is 9.59 Å². The van der Waals surface area contributed by atoms with Crippen molar-refractivity contribution >= 4 is 34.3 Å². The second kappa shape index (κ2) is 8.31. The highest BCUT2D eigenvalue weighted by Gasteiger charge is 2.33. The molecule has 5 nitrogen and oxygen atoms in total. The van der Waals surface area contributed by atoms with E-state index < -0.39 is 0 Å². The van der Waals surface area contributed by atoms with E-state index in [0.29, 0.717) is 13.1 Å². The summed E-state index contributed by atoms with van der Waals surface area (Å²) in [7, 11) is 0. The van der Waals surface area contributed by atoms with Gasteiger partial charge in [0.05, 0.1) is 12.5 Å². The number of benzene rings is 2. The number of hydrogen-bond donors (Lipinski definition) is 1. The molecular weight excluding hydrogens is 358 g/mol. The fraction of sp³-hybridized carbons (Fsp3) is 0.429. The summed E-state index contributed by atoms with van der Waals surface area (Å²) in [6.45, 7) is 3.68. The fourth-order valence-electron chi connectivity index (χ4n) is 3.85. The third kappa shape index (κ3) is 4.28. The molecule has 1 atom stereocenters. The summed E-state index contributed by atoms with van der Waals surface area (Å²) < 4.78 is 0. The molecule has 142 valence electrons. The van der Waals surface area contributed by atoms with Crippen molar-refractivity contribution in [2.75, 3.05) is 37.7 Å². The third-order valence-electron chi connectivity index (χ3n) is 5.37. The number of rotatable bonds is 4.